The number of carbonyl (C=O) groups excluding carboxylic acids is 1. The van der Waals surface area contributed by atoms with Gasteiger partial charge in [-0.05, 0) is 31.5 Å². The highest BCUT2D eigenvalue weighted by atomic mass is 35.5. The summed E-state index contributed by atoms with van der Waals surface area (Å²) in [6.45, 7) is 4.89. The van der Waals surface area contributed by atoms with Gasteiger partial charge in [-0.2, -0.15) is 0 Å². The summed E-state index contributed by atoms with van der Waals surface area (Å²) in [6.07, 6.45) is 0.185. The number of hydrogen-bond donors (Lipinski definition) is 1. The minimum Gasteiger partial charge on any atom is -0.300 e. The van der Waals surface area contributed by atoms with E-state index in [9.17, 15) is 13.2 Å². The topological polar surface area (TPSA) is 63.2 Å². The van der Waals surface area contributed by atoms with Gasteiger partial charge in [0.1, 0.15) is 10.7 Å². The van der Waals surface area contributed by atoms with Crippen molar-refractivity contribution in [1.29, 1.82) is 0 Å². The molecule has 0 heterocycles. The molecule has 0 aliphatic carbocycles. The van der Waals surface area contributed by atoms with Gasteiger partial charge in [-0.3, -0.25) is 4.79 Å². The van der Waals surface area contributed by atoms with Crippen molar-refractivity contribution >= 4 is 27.4 Å². The zero-order valence-corrected chi connectivity index (χ0v) is 10.9. The molecule has 0 saturated heterocycles. The molecule has 0 unspecified atom stereocenters. The molecule has 0 fully saturated rings. The highest BCUT2D eigenvalue weighted by Crippen LogP contribution is 2.22. The Hall–Kier alpha value is -0.910. The molecule has 4 nitrogen and oxygen atoms in total. The van der Waals surface area contributed by atoms with Crippen LogP contribution in [0.25, 0.3) is 0 Å². The van der Waals surface area contributed by atoms with E-state index in [0.717, 1.165) is 0 Å². The van der Waals surface area contributed by atoms with Gasteiger partial charge >= 0.3 is 0 Å². The number of halogens is 1. The Labute approximate surface area is 106 Å². The third-order valence-corrected chi connectivity index (χ3v) is 3.97. The number of Topliss-reactive ketones (excluding diaryl/α,β-unsaturated/α-hetero) is 1. The highest BCUT2D eigenvalue weighted by molar-refractivity contribution is 7.89. The van der Waals surface area contributed by atoms with Crippen LogP contribution in [-0.2, 0) is 21.2 Å². The average Bonchev–Trinajstić information content (AvgIpc) is 2.20. The van der Waals surface area contributed by atoms with Gasteiger partial charge < -0.3 is 0 Å². The monoisotopic (exact) mass is 274 g/mol. The summed E-state index contributed by atoms with van der Waals surface area (Å²) in [5.41, 5.74) is 0.617. The van der Waals surface area contributed by atoms with Crippen LogP contribution in [0, 0.1) is 6.92 Å². The molecule has 1 radical (unpaired) electrons. The van der Waals surface area contributed by atoms with Crippen molar-refractivity contribution in [3.63, 3.8) is 0 Å². The Balaban J connectivity index is 3.19. The van der Waals surface area contributed by atoms with Crippen LogP contribution in [0.4, 0.5) is 0 Å². The molecule has 0 aromatic heterocycles. The molecule has 1 rings (SSSR count). The third-order valence-electron chi connectivity index (χ3n) is 2.03. The average molecular weight is 275 g/mol. The van der Waals surface area contributed by atoms with Gasteiger partial charge in [-0.25, -0.2) is 13.1 Å². The molecular formula is C11H13ClNO3S. The van der Waals surface area contributed by atoms with Gasteiger partial charge in [0.15, 0.2) is 0 Å². The molecule has 0 spiro atoms. The molecule has 6 heteroatoms. The molecule has 0 aliphatic heterocycles. The maximum Gasteiger partial charge on any atom is 0.242 e. The van der Waals surface area contributed by atoms with Crippen molar-refractivity contribution in [2.24, 2.45) is 0 Å². The number of nitrogens with one attached hydrogen (secondary N) is 1. The molecule has 0 amide bonds. The lowest BCUT2D eigenvalue weighted by Gasteiger charge is -2.08. The van der Waals surface area contributed by atoms with Crippen molar-refractivity contribution in [2.75, 3.05) is 6.54 Å². The number of carbonyl (C=O) groups is 1. The summed E-state index contributed by atoms with van der Waals surface area (Å²) in [5.74, 6) is -0.0409. The molecule has 1 aromatic carbocycles. The van der Waals surface area contributed by atoms with E-state index in [1.165, 1.54) is 19.1 Å². The van der Waals surface area contributed by atoms with Crippen LogP contribution in [0.3, 0.4) is 0 Å². The van der Waals surface area contributed by atoms with E-state index in [2.05, 4.69) is 11.6 Å². The van der Waals surface area contributed by atoms with Crippen LogP contribution < -0.4 is 4.72 Å². The van der Waals surface area contributed by atoms with E-state index in [1.807, 2.05) is 0 Å². The summed E-state index contributed by atoms with van der Waals surface area (Å²) < 4.78 is 25.8. The van der Waals surface area contributed by atoms with E-state index in [0.29, 0.717) is 5.56 Å². The van der Waals surface area contributed by atoms with Crippen LogP contribution in [0.1, 0.15) is 12.5 Å². The lowest BCUT2D eigenvalue weighted by molar-refractivity contribution is -0.116. The van der Waals surface area contributed by atoms with E-state index >= 15 is 0 Å². The maximum absolute atomic E-state index is 11.8. The van der Waals surface area contributed by atoms with Crippen molar-refractivity contribution in [3.8, 4) is 0 Å². The normalized spacial score (nSPS) is 11.5. The molecule has 0 saturated carbocycles. The van der Waals surface area contributed by atoms with Gasteiger partial charge in [0.25, 0.3) is 0 Å². The second kappa shape index (κ2) is 5.62. The molecule has 17 heavy (non-hydrogen) atoms. The molecule has 0 aliphatic rings. The summed E-state index contributed by atoms with van der Waals surface area (Å²) in [4.78, 5) is 11.0. The number of rotatable bonds is 5. The highest BCUT2D eigenvalue weighted by Gasteiger charge is 2.17. The predicted octanol–water partition coefficient (Wildman–Crippen LogP) is 1.58. The standard InChI is InChI=1S/C11H13ClNO3S/c1-3-13-17(15,16)11-7-9(6-8(2)14)4-5-10(11)12/h4-5,7,13H,1,3,6H2,2H3. The Morgan fingerprint density at radius 3 is 2.65 bits per heavy atom. The molecule has 1 N–H and O–H groups in total. The summed E-state index contributed by atoms with van der Waals surface area (Å²) in [5, 5.41) is 0.123. The maximum atomic E-state index is 11.8. The van der Waals surface area contributed by atoms with Gasteiger partial charge in [-0.15, -0.1) is 0 Å². The first-order chi connectivity index (χ1) is 7.86. The molecule has 93 valence electrons. The quantitative estimate of drug-likeness (QED) is 0.887. The Morgan fingerprint density at radius 2 is 2.12 bits per heavy atom. The predicted molar refractivity (Wildman–Crippen MR) is 66.4 cm³/mol. The van der Waals surface area contributed by atoms with Crippen molar-refractivity contribution < 1.29 is 13.2 Å². The SMILES string of the molecule is [CH2]CNS(=O)(=O)c1cc(CC(C)=O)ccc1Cl. The van der Waals surface area contributed by atoms with Gasteiger partial charge in [0, 0.05) is 13.0 Å². The zero-order chi connectivity index (χ0) is 13.1. The van der Waals surface area contributed by atoms with Crippen molar-refractivity contribution in [2.45, 2.75) is 18.2 Å². The number of ketones is 1. The third kappa shape index (κ3) is 3.80. The first kappa shape index (κ1) is 14.2. The Bertz CT molecular complexity index is 526. The van der Waals surface area contributed by atoms with E-state index < -0.39 is 10.0 Å². The fourth-order valence-electron chi connectivity index (χ4n) is 1.36. The van der Waals surface area contributed by atoms with Crippen molar-refractivity contribution in [1.82, 2.24) is 4.72 Å². The first-order valence-electron chi connectivity index (χ1n) is 4.93. The summed E-state index contributed by atoms with van der Waals surface area (Å²) >= 11 is 5.83. The second-order valence-electron chi connectivity index (χ2n) is 3.54. The van der Waals surface area contributed by atoms with E-state index in [4.69, 9.17) is 11.6 Å². The van der Waals surface area contributed by atoms with Gasteiger partial charge in [-0.1, -0.05) is 17.7 Å². The zero-order valence-electron chi connectivity index (χ0n) is 9.36. The number of hydrogen-bond acceptors (Lipinski definition) is 3. The summed E-state index contributed by atoms with van der Waals surface area (Å²) in [6, 6.07) is 4.51. The smallest absolute Gasteiger partial charge is 0.242 e. The first-order valence-corrected chi connectivity index (χ1v) is 6.79. The molecule has 1 aromatic rings. The molecular weight excluding hydrogens is 262 g/mol. The second-order valence-corrected chi connectivity index (χ2v) is 5.68. The lowest BCUT2D eigenvalue weighted by atomic mass is 10.1. The van der Waals surface area contributed by atoms with E-state index in [1.54, 1.807) is 6.07 Å². The number of sulfonamides is 1. The van der Waals surface area contributed by atoms with Crippen LogP contribution in [0.5, 0.6) is 0 Å². The van der Waals surface area contributed by atoms with E-state index in [-0.39, 0.29) is 28.7 Å². The van der Waals surface area contributed by atoms with Crippen LogP contribution in [0.2, 0.25) is 5.02 Å². The minimum atomic E-state index is -3.66. The Morgan fingerprint density at radius 1 is 1.47 bits per heavy atom. The van der Waals surface area contributed by atoms with Crippen LogP contribution in [0.15, 0.2) is 23.1 Å². The summed E-state index contributed by atoms with van der Waals surface area (Å²) in [7, 11) is -3.66. The fraction of sp³-hybridized carbons (Fsp3) is 0.273. The molecule has 0 bridgehead atoms. The lowest BCUT2D eigenvalue weighted by Crippen LogP contribution is -2.23. The van der Waals surface area contributed by atoms with Gasteiger partial charge in [0.05, 0.1) is 5.02 Å². The minimum absolute atomic E-state index is 0.0263. The van der Waals surface area contributed by atoms with Crippen LogP contribution >= 0.6 is 11.6 Å². The molecule has 0 atom stereocenters. The van der Waals surface area contributed by atoms with Gasteiger partial charge in [0.2, 0.25) is 10.0 Å². The van der Waals surface area contributed by atoms with Crippen molar-refractivity contribution in [3.05, 3.63) is 35.7 Å². The largest absolute Gasteiger partial charge is 0.300 e. The fourth-order valence-corrected chi connectivity index (χ4v) is 2.84. The Kier molecular flexibility index (Phi) is 4.68. The number of benzene rings is 1. The van der Waals surface area contributed by atoms with Crippen LogP contribution in [-0.4, -0.2) is 20.7 Å².